The van der Waals surface area contributed by atoms with Crippen molar-refractivity contribution in [3.8, 4) is 6.01 Å². The second kappa shape index (κ2) is 9.01. The van der Waals surface area contributed by atoms with Gasteiger partial charge in [-0.05, 0) is 49.8 Å². The molecule has 29 heavy (non-hydrogen) atoms. The summed E-state index contributed by atoms with van der Waals surface area (Å²) >= 11 is 0. The molecule has 7 heteroatoms. The summed E-state index contributed by atoms with van der Waals surface area (Å²) in [6, 6.07) is 7.71. The van der Waals surface area contributed by atoms with E-state index in [1.54, 1.807) is 7.05 Å². The molecule has 4 nitrogen and oxygen atoms in total. The summed E-state index contributed by atoms with van der Waals surface area (Å²) in [5.74, 6) is 0.264. The van der Waals surface area contributed by atoms with E-state index in [9.17, 15) is 13.2 Å². The van der Waals surface area contributed by atoms with E-state index in [0.29, 0.717) is 18.0 Å². The van der Waals surface area contributed by atoms with Crippen molar-refractivity contribution in [2.24, 2.45) is 0 Å². The molecule has 3 rings (SSSR count). The van der Waals surface area contributed by atoms with E-state index in [4.69, 9.17) is 4.74 Å². The van der Waals surface area contributed by atoms with Crippen LogP contribution in [-0.2, 0) is 6.18 Å². The highest BCUT2D eigenvalue weighted by molar-refractivity contribution is 5.63. The Morgan fingerprint density at radius 1 is 1.21 bits per heavy atom. The lowest BCUT2D eigenvalue weighted by molar-refractivity contribution is -0.137. The quantitative estimate of drug-likeness (QED) is 0.549. The van der Waals surface area contributed by atoms with Crippen LogP contribution in [-0.4, -0.2) is 23.1 Å². The summed E-state index contributed by atoms with van der Waals surface area (Å²) in [4.78, 5) is 9.37. The maximum Gasteiger partial charge on any atom is 0.421 e. The third kappa shape index (κ3) is 5.19. The highest BCUT2D eigenvalue weighted by atomic mass is 19.4. The van der Waals surface area contributed by atoms with Crippen LogP contribution in [0.4, 0.5) is 24.7 Å². The summed E-state index contributed by atoms with van der Waals surface area (Å²) in [5.41, 5.74) is 0.971. The molecule has 2 aromatic rings. The number of halogens is 3. The highest BCUT2D eigenvalue weighted by Gasteiger charge is 2.37. The maximum absolute atomic E-state index is 13.6. The van der Waals surface area contributed by atoms with Crippen LogP contribution < -0.4 is 9.64 Å². The van der Waals surface area contributed by atoms with Gasteiger partial charge in [0.2, 0.25) is 0 Å². The van der Waals surface area contributed by atoms with Crippen molar-refractivity contribution in [1.82, 2.24) is 9.97 Å². The SMILES string of the molecule is CCC(C)Oc1ncc(C(F)(F)F)c(N(C)c2cccc(C3CCCCC3)c2)n1. The minimum absolute atomic E-state index is 0.0439. The second-order valence-corrected chi connectivity index (χ2v) is 7.71. The third-order valence-corrected chi connectivity index (χ3v) is 5.59. The van der Waals surface area contributed by atoms with Gasteiger partial charge in [0.25, 0.3) is 0 Å². The van der Waals surface area contributed by atoms with Gasteiger partial charge in [0.05, 0.1) is 6.10 Å². The minimum atomic E-state index is -4.56. The number of alkyl halides is 3. The van der Waals surface area contributed by atoms with E-state index in [0.717, 1.165) is 19.0 Å². The molecule has 1 fully saturated rings. The van der Waals surface area contributed by atoms with E-state index in [2.05, 4.69) is 16.0 Å². The predicted molar refractivity (Wildman–Crippen MR) is 108 cm³/mol. The van der Waals surface area contributed by atoms with Gasteiger partial charge < -0.3 is 9.64 Å². The predicted octanol–water partition coefficient (Wildman–Crippen LogP) is 6.49. The van der Waals surface area contributed by atoms with Gasteiger partial charge in [-0.25, -0.2) is 4.98 Å². The van der Waals surface area contributed by atoms with E-state index in [1.165, 1.54) is 29.7 Å². The molecule has 0 radical (unpaired) electrons. The zero-order valence-electron chi connectivity index (χ0n) is 17.2. The first-order valence-corrected chi connectivity index (χ1v) is 10.2. The molecule has 1 atom stereocenters. The monoisotopic (exact) mass is 407 g/mol. The number of hydrogen-bond donors (Lipinski definition) is 0. The molecule has 0 aliphatic heterocycles. The smallest absolute Gasteiger partial charge is 0.421 e. The van der Waals surface area contributed by atoms with Crippen LogP contribution in [0.1, 0.15) is 69.4 Å². The van der Waals surface area contributed by atoms with Crippen LogP contribution in [0, 0.1) is 0 Å². The van der Waals surface area contributed by atoms with Crippen LogP contribution in [0.5, 0.6) is 6.01 Å². The Kier molecular flexibility index (Phi) is 6.65. The fourth-order valence-electron chi connectivity index (χ4n) is 3.68. The largest absolute Gasteiger partial charge is 0.460 e. The maximum atomic E-state index is 13.6. The normalized spacial score (nSPS) is 16.5. The summed E-state index contributed by atoms with van der Waals surface area (Å²) in [6.45, 7) is 3.76. The summed E-state index contributed by atoms with van der Waals surface area (Å²) < 4.78 is 46.4. The molecule has 0 bridgehead atoms. The van der Waals surface area contributed by atoms with E-state index in [1.807, 2.05) is 32.0 Å². The fourth-order valence-corrected chi connectivity index (χ4v) is 3.68. The molecule has 1 heterocycles. The number of aromatic nitrogens is 2. The number of ether oxygens (including phenoxy) is 1. The third-order valence-electron chi connectivity index (χ3n) is 5.59. The van der Waals surface area contributed by atoms with Crippen molar-refractivity contribution >= 4 is 11.5 Å². The standard InChI is InChI=1S/C22H28F3N3O/c1-4-15(2)29-21-26-14-19(22(23,24)25)20(27-21)28(3)18-12-8-11-17(13-18)16-9-6-5-7-10-16/h8,11-16H,4-7,9-10H2,1-3H3. The molecule has 1 aliphatic carbocycles. The lowest BCUT2D eigenvalue weighted by Gasteiger charge is -2.26. The Bertz CT molecular complexity index is 819. The Labute approximate surface area is 170 Å². The summed E-state index contributed by atoms with van der Waals surface area (Å²) in [6.07, 6.45) is 2.68. The first kappa shape index (κ1) is 21.4. The van der Waals surface area contributed by atoms with Gasteiger partial charge in [-0.3, -0.25) is 0 Å². The van der Waals surface area contributed by atoms with Gasteiger partial charge in [0, 0.05) is 18.9 Å². The average molecular weight is 407 g/mol. The number of anilines is 2. The number of nitrogens with zero attached hydrogens (tertiary/aromatic N) is 3. The van der Waals surface area contributed by atoms with Crippen LogP contribution in [0.15, 0.2) is 30.5 Å². The number of benzene rings is 1. The molecule has 0 amide bonds. The van der Waals surface area contributed by atoms with Crippen LogP contribution in [0.2, 0.25) is 0 Å². The van der Waals surface area contributed by atoms with Crippen molar-refractivity contribution < 1.29 is 17.9 Å². The lowest BCUT2D eigenvalue weighted by Crippen LogP contribution is -2.21. The van der Waals surface area contributed by atoms with E-state index < -0.39 is 11.7 Å². The van der Waals surface area contributed by atoms with Crippen molar-refractivity contribution in [2.45, 2.75) is 70.6 Å². The molecule has 158 valence electrons. The van der Waals surface area contributed by atoms with Gasteiger partial charge in [-0.2, -0.15) is 18.2 Å². The zero-order chi connectivity index (χ0) is 21.0. The lowest BCUT2D eigenvalue weighted by atomic mass is 9.84. The Balaban J connectivity index is 1.96. The Morgan fingerprint density at radius 3 is 2.59 bits per heavy atom. The van der Waals surface area contributed by atoms with Gasteiger partial charge in [0.1, 0.15) is 5.56 Å². The number of hydrogen-bond acceptors (Lipinski definition) is 4. The molecule has 1 aliphatic rings. The van der Waals surface area contributed by atoms with Crippen LogP contribution in [0.3, 0.4) is 0 Å². The number of rotatable bonds is 6. The molecular weight excluding hydrogens is 379 g/mol. The molecule has 1 saturated carbocycles. The fraction of sp³-hybridized carbons (Fsp3) is 0.545. The molecule has 0 spiro atoms. The molecule has 1 aromatic heterocycles. The van der Waals surface area contributed by atoms with Gasteiger partial charge >= 0.3 is 12.2 Å². The van der Waals surface area contributed by atoms with Crippen molar-refractivity contribution in [1.29, 1.82) is 0 Å². The van der Waals surface area contributed by atoms with Gasteiger partial charge in [0.15, 0.2) is 5.82 Å². The van der Waals surface area contributed by atoms with Crippen molar-refractivity contribution in [3.05, 3.63) is 41.6 Å². The van der Waals surface area contributed by atoms with Crippen molar-refractivity contribution in [2.75, 3.05) is 11.9 Å². The molecular formula is C22H28F3N3O. The Morgan fingerprint density at radius 2 is 1.93 bits per heavy atom. The van der Waals surface area contributed by atoms with E-state index >= 15 is 0 Å². The van der Waals surface area contributed by atoms with Gasteiger partial charge in [-0.1, -0.05) is 38.3 Å². The molecule has 0 N–H and O–H groups in total. The highest BCUT2D eigenvalue weighted by Crippen LogP contribution is 2.39. The summed E-state index contributed by atoms with van der Waals surface area (Å²) in [7, 11) is 1.60. The zero-order valence-corrected chi connectivity index (χ0v) is 17.2. The molecule has 1 unspecified atom stereocenters. The Hall–Kier alpha value is -2.31. The van der Waals surface area contributed by atoms with Crippen molar-refractivity contribution in [3.63, 3.8) is 0 Å². The average Bonchev–Trinajstić information content (AvgIpc) is 2.73. The molecule has 0 saturated heterocycles. The van der Waals surface area contributed by atoms with E-state index in [-0.39, 0.29) is 17.9 Å². The van der Waals surface area contributed by atoms with Crippen LogP contribution >= 0.6 is 0 Å². The first-order chi connectivity index (χ1) is 13.8. The minimum Gasteiger partial charge on any atom is -0.460 e. The molecule has 1 aromatic carbocycles. The first-order valence-electron chi connectivity index (χ1n) is 10.2. The topological polar surface area (TPSA) is 38.2 Å². The second-order valence-electron chi connectivity index (χ2n) is 7.71. The van der Waals surface area contributed by atoms with Crippen LogP contribution in [0.25, 0.3) is 0 Å². The summed E-state index contributed by atoms with van der Waals surface area (Å²) in [5, 5.41) is 0. The van der Waals surface area contributed by atoms with Gasteiger partial charge in [-0.15, -0.1) is 0 Å².